The maximum Gasteiger partial charge on any atom is 0.262 e. The molecule has 5 nitrogen and oxygen atoms in total. The van der Waals surface area contributed by atoms with Gasteiger partial charge in [0.15, 0.2) is 0 Å². The highest BCUT2D eigenvalue weighted by Gasteiger charge is 2.14. The van der Waals surface area contributed by atoms with Gasteiger partial charge in [0.25, 0.3) is 5.91 Å². The van der Waals surface area contributed by atoms with Gasteiger partial charge >= 0.3 is 0 Å². The zero-order valence-corrected chi connectivity index (χ0v) is 13.8. The van der Waals surface area contributed by atoms with Crippen LogP contribution >= 0.6 is 0 Å². The molecule has 0 radical (unpaired) electrons. The molecule has 0 saturated carbocycles. The molecule has 2 aromatic rings. The molecule has 0 bridgehead atoms. The lowest BCUT2D eigenvalue weighted by atomic mass is 10.2. The van der Waals surface area contributed by atoms with Crippen LogP contribution in [0.5, 0.6) is 0 Å². The Bertz CT molecular complexity index is 765. The number of carbonyl (C=O) groups is 1. The Morgan fingerprint density at radius 2 is 2.26 bits per heavy atom. The third-order valence-electron chi connectivity index (χ3n) is 3.58. The number of hydrogen-bond acceptors (Lipinski definition) is 3. The highest BCUT2D eigenvalue weighted by atomic mass is 16.1. The molecule has 0 unspecified atom stereocenters. The van der Waals surface area contributed by atoms with Crippen LogP contribution in [-0.2, 0) is 4.79 Å². The molecule has 0 aliphatic rings. The van der Waals surface area contributed by atoms with Gasteiger partial charge in [-0.3, -0.25) is 4.79 Å². The summed E-state index contributed by atoms with van der Waals surface area (Å²) in [5, 5.41) is 12.1. The number of nitrogens with one attached hydrogen (secondary N) is 1. The van der Waals surface area contributed by atoms with E-state index < -0.39 is 0 Å². The Morgan fingerprint density at radius 3 is 2.91 bits per heavy atom. The van der Waals surface area contributed by atoms with Crippen LogP contribution in [0.1, 0.15) is 51.0 Å². The molecule has 0 aliphatic heterocycles. The molecule has 0 aromatic carbocycles. The molecule has 1 amide bonds. The summed E-state index contributed by atoms with van der Waals surface area (Å²) in [6.45, 7) is 6.77. The molecule has 5 heteroatoms. The van der Waals surface area contributed by atoms with E-state index in [9.17, 15) is 10.1 Å². The summed E-state index contributed by atoms with van der Waals surface area (Å²) < 4.78 is 2.00. The number of imidazole rings is 1. The van der Waals surface area contributed by atoms with E-state index >= 15 is 0 Å². The third kappa shape index (κ3) is 3.78. The number of carbonyl (C=O) groups excluding carboxylic acids is 1. The molecular weight excluding hydrogens is 288 g/mol. The number of aromatic nitrogens is 2. The van der Waals surface area contributed by atoms with Gasteiger partial charge in [0, 0.05) is 18.7 Å². The number of rotatable bonds is 6. The van der Waals surface area contributed by atoms with Crippen molar-refractivity contribution in [1.29, 1.82) is 5.26 Å². The van der Waals surface area contributed by atoms with Crippen LogP contribution < -0.4 is 5.32 Å². The monoisotopic (exact) mass is 310 g/mol. The molecular formula is C18H22N4O. The summed E-state index contributed by atoms with van der Waals surface area (Å²) in [5.41, 5.74) is 1.63. The molecule has 120 valence electrons. The van der Waals surface area contributed by atoms with E-state index in [4.69, 9.17) is 0 Å². The van der Waals surface area contributed by atoms with Crippen molar-refractivity contribution in [1.82, 2.24) is 14.7 Å². The van der Waals surface area contributed by atoms with Gasteiger partial charge in [-0.1, -0.05) is 33.3 Å². The lowest BCUT2D eigenvalue weighted by Gasteiger charge is -2.02. The summed E-state index contributed by atoms with van der Waals surface area (Å²) in [6.07, 6.45) is 5.41. The van der Waals surface area contributed by atoms with Gasteiger partial charge < -0.3 is 9.72 Å². The quantitative estimate of drug-likeness (QED) is 0.505. The number of amides is 1. The van der Waals surface area contributed by atoms with Crippen LogP contribution in [0.3, 0.4) is 0 Å². The Balaban J connectivity index is 2.39. The number of nitriles is 1. The highest BCUT2D eigenvalue weighted by molar-refractivity contribution is 6.02. The SMILES string of the molecule is CCCCNC(=O)/C(C#N)=C/c1nc(C(C)C)n2ccccc12. The molecule has 2 heterocycles. The molecule has 2 aromatic heterocycles. The topological polar surface area (TPSA) is 70.2 Å². The van der Waals surface area contributed by atoms with Crippen molar-refractivity contribution >= 4 is 17.5 Å². The molecule has 0 atom stereocenters. The fraction of sp³-hybridized carbons (Fsp3) is 0.389. The minimum atomic E-state index is -0.343. The Hall–Kier alpha value is -2.61. The molecule has 0 aliphatic carbocycles. The van der Waals surface area contributed by atoms with E-state index in [2.05, 4.69) is 31.1 Å². The number of fused-ring (bicyclic) bond motifs is 1. The molecule has 0 fully saturated rings. The summed E-state index contributed by atoms with van der Waals surface area (Å²) in [4.78, 5) is 16.7. The fourth-order valence-electron chi connectivity index (χ4n) is 2.36. The average molecular weight is 310 g/mol. The standard InChI is InChI=1S/C18H22N4O/c1-4-5-9-20-18(23)14(12-19)11-15-16-8-6-7-10-22(16)17(21-15)13(2)3/h6-8,10-11,13H,4-5,9H2,1-3H3,(H,20,23)/b14-11+. The second-order valence-corrected chi connectivity index (χ2v) is 5.75. The largest absolute Gasteiger partial charge is 0.351 e. The molecule has 0 saturated heterocycles. The van der Waals surface area contributed by atoms with Crippen LogP contribution in [0.25, 0.3) is 11.6 Å². The first kappa shape index (κ1) is 16.8. The van der Waals surface area contributed by atoms with E-state index in [1.165, 1.54) is 0 Å². The minimum absolute atomic E-state index is 0.0836. The Kier molecular flexibility index (Phi) is 5.53. The lowest BCUT2D eigenvalue weighted by Crippen LogP contribution is -2.25. The van der Waals surface area contributed by atoms with E-state index in [0.29, 0.717) is 12.2 Å². The molecule has 23 heavy (non-hydrogen) atoms. The second kappa shape index (κ2) is 7.59. The van der Waals surface area contributed by atoms with Crippen molar-refractivity contribution in [3.63, 3.8) is 0 Å². The van der Waals surface area contributed by atoms with E-state index in [0.717, 1.165) is 24.2 Å². The zero-order chi connectivity index (χ0) is 16.8. The van der Waals surface area contributed by atoms with Crippen molar-refractivity contribution in [2.45, 2.75) is 39.5 Å². The number of pyridine rings is 1. The normalized spacial score (nSPS) is 11.7. The maximum atomic E-state index is 12.1. The van der Waals surface area contributed by atoms with Gasteiger partial charge in [0.05, 0.1) is 11.2 Å². The summed E-state index contributed by atoms with van der Waals surface area (Å²) in [6, 6.07) is 7.78. The van der Waals surface area contributed by atoms with E-state index in [-0.39, 0.29) is 17.4 Å². The predicted octanol–water partition coefficient (Wildman–Crippen LogP) is 3.28. The van der Waals surface area contributed by atoms with Gasteiger partial charge in [-0.2, -0.15) is 5.26 Å². The first-order valence-corrected chi connectivity index (χ1v) is 7.95. The number of unbranched alkanes of at least 4 members (excludes halogenated alkanes) is 1. The fourth-order valence-corrected chi connectivity index (χ4v) is 2.36. The van der Waals surface area contributed by atoms with Crippen molar-refractivity contribution in [3.8, 4) is 6.07 Å². The predicted molar refractivity (Wildman–Crippen MR) is 90.8 cm³/mol. The minimum Gasteiger partial charge on any atom is -0.351 e. The van der Waals surface area contributed by atoms with Gasteiger partial charge in [0.1, 0.15) is 17.5 Å². The first-order valence-electron chi connectivity index (χ1n) is 7.95. The number of nitrogens with zero attached hydrogens (tertiary/aromatic N) is 3. The van der Waals surface area contributed by atoms with Crippen LogP contribution in [0.2, 0.25) is 0 Å². The summed E-state index contributed by atoms with van der Waals surface area (Å²) in [5.74, 6) is 0.815. The van der Waals surface area contributed by atoms with Crippen molar-refractivity contribution in [2.75, 3.05) is 6.54 Å². The third-order valence-corrected chi connectivity index (χ3v) is 3.58. The smallest absolute Gasteiger partial charge is 0.262 e. The van der Waals surface area contributed by atoms with Gasteiger partial charge in [0.2, 0.25) is 0 Å². The first-order chi connectivity index (χ1) is 11.1. The molecule has 0 spiro atoms. The van der Waals surface area contributed by atoms with Gasteiger partial charge in [-0.15, -0.1) is 0 Å². The van der Waals surface area contributed by atoms with Crippen LogP contribution in [-0.4, -0.2) is 21.8 Å². The van der Waals surface area contributed by atoms with Crippen LogP contribution in [0, 0.1) is 11.3 Å². The van der Waals surface area contributed by atoms with Crippen molar-refractivity contribution in [2.24, 2.45) is 0 Å². The zero-order valence-electron chi connectivity index (χ0n) is 13.8. The van der Waals surface area contributed by atoms with Crippen LogP contribution in [0.15, 0.2) is 30.0 Å². The van der Waals surface area contributed by atoms with Gasteiger partial charge in [-0.05, 0) is 24.6 Å². The average Bonchev–Trinajstić information content (AvgIpc) is 2.91. The number of hydrogen-bond donors (Lipinski definition) is 1. The van der Waals surface area contributed by atoms with Crippen LogP contribution in [0.4, 0.5) is 0 Å². The Morgan fingerprint density at radius 1 is 1.48 bits per heavy atom. The molecule has 1 N–H and O–H groups in total. The second-order valence-electron chi connectivity index (χ2n) is 5.75. The van der Waals surface area contributed by atoms with Crippen molar-refractivity contribution in [3.05, 3.63) is 41.5 Å². The van der Waals surface area contributed by atoms with Gasteiger partial charge in [-0.25, -0.2) is 4.98 Å². The van der Waals surface area contributed by atoms with Crippen molar-refractivity contribution < 1.29 is 4.79 Å². The molecule has 2 rings (SSSR count). The summed E-state index contributed by atoms with van der Waals surface area (Å²) >= 11 is 0. The Labute approximate surface area is 136 Å². The summed E-state index contributed by atoms with van der Waals surface area (Å²) in [7, 11) is 0. The maximum absolute atomic E-state index is 12.1. The van der Waals surface area contributed by atoms with E-state index in [1.54, 1.807) is 6.08 Å². The lowest BCUT2D eigenvalue weighted by molar-refractivity contribution is -0.117. The highest BCUT2D eigenvalue weighted by Crippen LogP contribution is 2.21. The van der Waals surface area contributed by atoms with E-state index in [1.807, 2.05) is 34.9 Å².